The second kappa shape index (κ2) is 5.79. The molecule has 0 spiro atoms. The number of carbonyl (C=O) groups excluding carboxylic acids is 1. The number of rotatable bonds is 3. The highest BCUT2D eigenvalue weighted by Crippen LogP contribution is 2.18. The molecule has 0 atom stereocenters. The Bertz CT molecular complexity index is 246. The van der Waals surface area contributed by atoms with E-state index in [0.29, 0.717) is 12.5 Å². The lowest BCUT2D eigenvalue weighted by atomic mass is 10.1. The fourth-order valence-electron chi connectivity index (χ4n) is 1.60. The molecule has 0 aromatic rings. The molecule has 3 heteroatoms. The van der Waals surface area contributed by atoms with Crippen LogP contribution in [0.25, 0.3) is 0 Å². The maximum absolute atomic E-state index is 11.4. The number of nitrogens with zero attached hydrogens (tertiary/aromatic N) is 1. The van der Waals surface area contributed by atoms with Gasteiger partial charge in [-0.1, -0.05) is 13.8 Å². The van der Waals surface area contributed by atoms with Gasteiger partial charge in [-0.15, -0.1) is 0 Å². The fraction of sp³-hybridized carbons (Fsp3) is 0.750. The number of allylic oxidation sites excluding steroid dienone is 1. The Hall–Kier alpha value is -0.990. The van der Waals surface area contributed by atoms with Crippen molar-refractivity contribution < 1.29 is 9.53 Å². The molecular formula is C12H21NO2. The largest absolute Gasteiger partial charge is 0.462 e. The third-order valence-electron chi connectivity index (χ3n) is 2.51. The van der Waals surface area contributed by atoms with E-state index in [1.807, 2.05) is 20.9 Å². The van der Waals surface area contributed by atoms with Crippen molar-refractivity contribution in [3.05, 3.63) is 11.8 Å². The van der Waals surface area contributed by atoms with Crippen molar-refractivity contribution in [3.8, 4) is 0 Å². The zero-order chi connectivity index (χ0) is 11.3. The summed E-state index contributed by atoms with van der Waals surface area (Å²) in [5.74, 6) is 0.198. The summed E-state index contributed by atoms with van der Waals surface area (Å²) in [6.45, 7) is 5.62. The molecule has 1 saturated heterocycles. The highest BCUT2D eigenvalue weighted by Gasteiger charge is 2.12. The van der Waals surface area contributed by atoms with E-state index in [1.165, 1.54) is 12.8 Å². The van der Waals surface area contributed by atoms with Crippen LogP contribution in [0, 0.1) is 5.92 Å². The number of esters is 1. The number of likely N-dealkylation sites (tertiary alicyclic amines) is 1. The van der Waals surface area contributed by atoms with Crippen LogP contribution in [0.5, 0.6) is 0 Å². The summed E-state index contributed by atoms with van der Waals surface area (Å²) in [5.41, 5.74) is 1.11. The third kappa shape index (κ3) is 4.36. The van der Waals surface area contributed by atoms with E-state index >= 15 is 0 Å². The predicted octanol–water partition coefficient (Wildman–Crippen LogP) is 2.19. The van der Waals surface area contributed by atoms with Crippen molar-refractivity contribution in [1.82, 2.24) is 4.90 Å². The Morgan fingerprint density at radius 3 is 2.87 bits per heavy atom. The summed E-state index contributed by atoms with van der Waals surface area (Å²) in [6.07, 6.45) is 5.03. The van der Waals surface area contributed by atoms with Gasteiger partial charge < -0.3 is 9.64 Å². The monoisotopic (exact) mass is 211 g/mol. The van der Waals surface area contributed by atoms with Crippen molar-refractivity contribution in [2.24, 2.45) is 5.92 Å². The average molecular weight is 211 g/mol. The molecule has 0 radical (unpaired) electrons. The van der Waals surface area contributed by atoms with Crippen LogP contribution in [0.15, 0.2) is 11.8 Å². The van der Waals surface area contributed by atoms with Crippen molar-refractivity contribution in [1.29, 1.82) is 0 Å². The molecule has 0 N–H and O–H groups in total. The second-order valence-corrected chi connectivity index (χ2v) is 4.54. The SMILES string of the molecule is CC(C)COC(=O)/C=C1/CCCCN1C. The molecule has 0 amide bonds. The first-order chi connectivity index (χ1) is 7.09. The molecule has 0 aromatic carbocycles. The molecule has 0 bridgehead atoms. The van der Waals surface area contributed by atoms with Crippen LogP contribution >= 0.6 is 0 Å². The summed E-state index contributed by atoms with van der Waals surface area (Å²) in [6, 6.07) is 0. The van der Waals surface area contributed by atoms with Gasteiger partial charge >= 0.3 is 5.97 Å². The van der Waals surface area contributed by atoms with E-state index in [-0.39, 0.29) is 5.97 Å². The van der Waals surface area contributed by atoms with E-state index < -0.39 is 0 Å². The topological polar surface area (TPSA) is 29.5 Å². The number of carbonyl (C=O) groups is 1. The standard InChI is InChI=1S/C12H21NO2/c1-10(2)9-15-12(14)8-11-6-4-5-7-13(11)3/h8,10H,4-7,9H2,1-3H3/b11-8-. The molecule has 0 unspecified atom stereocenters. The fourth-order valence-corrected chi connectivity index (χ4v) is 1.60. The minimum absolute atomic E-state index is 0.201. The Morgan fingerprint density at radius 1 is 1.53 bits per heavy atom. The van der Waals surface area contributed by atoms with Gasteiger partial charge in [0.25, 0.3) is 0 Å². The summed E-state index contributed by atoms with van der Waals surface area (Å²) < 4.78 is 5.11. The van der Waals surface area contributed by atoms with Crippen LogP contribution in [0.2, 0.25) is 0 Å². The maximum Gasteiger partial charge on any atom is 0.332 e. The van der Waals surface area contributed by atoms with E-state index in [9.17, 15) is 4.79 Å². The van der Waals surface area contributed by atoms with Crippen molar-refractivity contribution in [2.45, 2.75) is 33.1 Å². The van der Waals surface area contributed by atoms with Crippen molar-refractivity contribution >= 4 is 5.97 Å². The van der Waals surface area contributed by atoms with Gasteiger partial charge in [-0.25, -0.2) is 4.79 Å². The van der Waals surface area contributed by atoms with Crippen LogP contribution in [0.1, 0.15) is 33.1 Å². The quantitative estimate of drug-likeness (QED) is 0.529. The Balaban J connectivity index is 2.42. The summed E-state index contributed by atoms with van der Waals surface area (Å²) in [5, 5.41) is 0. The molecule has 1 aliphatic rings. The summed E-state index contributed by atoms with van der Waals surface area (Å²) in [4.78, 5) is 13.6. The number of hydrogen-bond donors (Lipinski definition) is 0. The van der Waals surface area contributed by atoms with Gasteiger partial charge in [0, 0.05) is 25.4 Å². The van der Waals surface area contributed by atoms with Crippen LogP contribution < -0.4 is 0 Å². The number of hydrogen-bond acceptors (Lipinski definition) is 3. The van der Waals surface area contributed by atoms with E-state index in [2.05, 4.69) is 4.90 Å². The Labute approximate surface area is 92.1 Å². The van der Waals surface area contributed by atoms with Gasteiger partial charge in [-0.3, -0.25) is 0 Å². The van der Waals surface area contributed by atoms with Gasteiger partial charge in [0.05, 0.1) is 6.61 Å². The van der Waals surface area contributed by atoms with Gasteiger partial charge in [-0.2, -0.15) is 0 Å². The molecule has 0 aliphatic carbocycles. The first kappa shape index (κ1) is 12.1. The zero-order valence-electron chi connectivity index (χ0n) is 9.95. The minimum atomic E-state index is -0.201. The highest BCUT2D eigenvalue weighted by molar-refractivity contribution is 5.82. The lowest BCUT2D eigenvalue weighted by Crippen LogP contribution is -2.24. The summed E-state index contributed by atoms with van der Waals surface area (Å²) in [7, 11) is 2.03. The molecule has 1 rings (SSSR count). The normalized spacial score (nSPS) is 19.7. The van der Waals surface area contributed by atoms with Crippen molar-refractivity contribution in [2.75, 3.05) is 20.2 Å². The van der Waals surface area contributed by atoms with Crippen LogP contribution in [-0.4, -0.2) is 31.1 Å². The lowest BCUT2D eigenvalue weighted by Gasteiger charge is -2.27. The maximum atomic E-state index is 11.4. The van der Waals surface area contributed by atoms with E-state index in [1.54, 1.807) is 6.08 Å². The third-order valence-corrected chi connectivity index (χ3v) is 2.51. The van der Waals surface area contributed by atoms with Crippen molar-refractivity contribution in [3.63, 3.8) is 0 Å². The van der Waals surface area contributed by atoms with Crippen LogP contribution in [0.4, 0.5) is 0 Å². The van der Waals surface area contributed by atoms with Crippen LogP contribution in [-0.2, 0) is 9.53 Å². The number of piperidine rings is 1. The predicted molar refractivity (Wildman–Crippen MR) is 60.4 cm³/mol. The molecule has 1 fully saturated rings. The first-order valence-electron chi connectivity index (χ1n) is 5.68. The van der Waals surface area contributed by atoms with Gasteiger partial charge in [0.15, 0.2) is 0 Å². The molecule has 86 valence electrons. The Morgan fingerprint density at radius 2 is 2.27 bits per heavy atom. The second-order valence-electron chi connectivity index (χ2n) is 4.54. The van der Waals surface area contributed by atoms with Gasteiger partial charge in [0.2, 0.25) is 0 Å². The molecular weight excluding hydrogens is 190 g/mol. The smallest absolute Gasteiger partial charge is 0.332 e. The molecule has 3 nitrogen and oxygen atoms in total. The van der Waals surface area contributed by atoms with E-state index in [0.717, 1.165) is 18.7 Å². The zero-order valence-corrected chi connectivity index (χ0v) is 9.95. The summed E-state index contributed by atoms with van der Waals surface area (Å²) >= 11 is 0. The minimum Gasteiger partial charge on any atom is -0.462 e. The first-order valence-corrected chi connectivity index (χ1v) is 5.68. The van der Waals surface area contributed by atoms with Crippen LogP contribution in [0.3, 0.4) is 0 Å². The molecule has 0 saturated carbocycles. The average Bonchev–Trinajstić information content (AvgIpc) is 2.18. The van der Waals surface area contributed by atoms with Gasteiger partial charge in [0.1, 0.15) is 0 Å². The van der Waals surface area contributed by atoms with E-state index in [4.69, 9.17) is 4.74 Å². The lowest BCUT2D eigenvalue weighted by molar-refractivity contribution is -0.138. The number of ether oxygens (including phenoxy) is 1. The molecule has 1 aliphatic heterocycles. The molecule has 15 heavy (non-hydrogen) atoms. The molecule has 1 heterocycles. The Kier molecular flexibility index (Phi) is 4.66. The molecule has 0 aromatic heterocycles. The highest BCUT2D eigenvalue weighted by atomic mass is 16.5. The van der Waals surface area contributed by atoms with Gasteiger partial charge in [-0.05, 0) is 25.2 Å².